The van der Waals surface area contributed by atoms with Gasteiger partial charge >= 0.3 is 0 Å². The fourth-order valence-corrected chi connectivity index (χ4v) is 2.84. The fraction of sp³-hybridized carbons (Fsp3) is 0.714. The molecule has 1 unspecified atom stereocenters. The summed E-state index contributed by atoms with van der Waals surface area (Å²) in [5.74, 6) is 0.672. The highest BCUT2D eigenvalue weighted by molar-refractivity contribution is 5.92. The SMILES string of the molecule is CCn1nc(C)cc1C(=O)N1CCCC(CCN)C1. The maximum absolute atomic E-state index is 12.6. The molecule has 5 nitrogen and oxygen atoms in total. The molecule has 1 fully saturated rings. The molecule has 0 spiro atoms. The van der Waals surface area contributed by atoms with Crippen LogP contribution in [0, 0.1) is 12.8 Å². The highest BCUT2D eigenvalue weighted by Crippen LogP contribution is 2.21. The van der Waals surface area contributed by atoms with Crippen LogP contribution in [-0.4, -0.2) is 40.2 Å². The average molecular weight is 264 g/mol. The number of amides is 1. The Morgan fingerprint density at radius 3 is 3.05 bits per heavy atom. The van der Waals surface area contributed by atoms with Crippen molar-refractivity contribution >= 4 is 5.91 Å². The number of piperidine rings is 1. The largest absolute Gasteiger partial charge is 0.337 e. The number of nitrogens with zero attached hydrogens (tertiary/aromatic N) is 3. The molecule has 2 N–H and O–H groups in total. The molecule has 19 heavy (non-hydrogen) atoms. The second-order valence-corrected chi connectivity index (χ2v) is 5.32. The Morgan fingerprint density at radius 1 is 1.58 bits per heavy atom. The van der Waals surface area contributed by atoms with Gasteiger partial charge in [-0.25, -0.2) is 0 Å². The molecule has 1 aromatic heterocycles. The van der Waals surface area contributed by atoms with Crippen LogP contribution in [0.1, 0.15) is 42.4 Å². The first kappa shape index (κ1) is 14.1. The summed E-state index contributed by atoms with van der Waals surface area (Å²) in [6.45, 7) is 7.07. The van der Waals surface area contributed by atoms with Gasteiger partial charge in [0.05, 0.1) is 5.69 Å². The minimum absolute atomic E-state index is 0.115. The van der Waals surface area contributed by atoms with E-state index in [1.807, 2.05) is 24.8 Å². The first-order valence-corrected chi connectivity index (χ1v) is 7.19. The highest BCUT2D eigenvalue weighted by atomic mass is 16.2. The van der Waals surface area contributed by atoms with Crippen LogP contribution in [0.15, 0.2) is 6.07 Å². The lowest BCUT2D eigenvalue weighted by atomic mass is 9.94. The van der Waals surface area contributed by atoms with E-state index in [2.05, 4.69) is 5.10 Å². The number of aromatic nitrogens is 2. The summed E-state index contributed by atoms with van der Waals surface area (Å²) in [4.78, 5) is 14.5. The van der Waals surface area contributed by atoms with Crippen molar-refractivity contribution in [3.05, 3.63) is 17.5 Å². The number of hydrogen-bond acceptors (Lipinski definition) is 3. The summed E-state index contributed by atoms with van der Waals surface area (Å²) in [5.41, 5.74) is 7.24. The first-order valence-electron chi connectivity index (χ1n) is 7.19. The van der Waals surface area contributed by atoms with Gasteiger partial charge in [-0.1, -0.05) is 0 Å². The third-order valence-electron chi connectivity index (χ3n) is 3.80. The van der Waals surface area contributed by atoms with Gasteiger partial charge < -0.3 is 10.6 Å². The molecule has 0 radical (unpaired) electrons. The van der Waals surface area contributed by atoms with Crippen molar-refractivity contribution in [1.82, 2.24) is 14.7 Å². The maximum Gasteiger partial charge on any atom is 0.272 e. The monoisotopic (exact) mass is 264 g/mol. The van der Waals surface area contributed by atoms with Gasteiger partial charge in [0.1, 0.15) is 5.69 Å². The van der Waals surface area contributed by atoms with Crippen molar-refractivity contribution < 1.29 is 4.79 Å². The fourth-order valence-electron chi connectivity index (χ4n) is 2.84. The third kappa shape index (κ3) is 3.15. The highest BCUT2D eigenvalue weighted by Gasteiger charge is 2.26. The maximum atomic E-state index is 12.6. The zero-order chi connectivity index (χ0) is 13.8. The molecule has 1 atom stereocenters. The Kier molecular flexibility index (Phi) is 4.58. The minimum Gasteiger partial charge on any atom is -0.337 e. The van der Waals surface area contributed by atoms with E-state index in [1.54, 1.807) is 4.68 Å². The first-order chi connectivity index (χ1) is 9.15. The van der Waals surface area contributed by atoms with Gasteiger partial charge in [0.15, 0.2) is 0 Å². The van der Waals surface area contributed by atoms with E-state index in [0.29, 0.717) is 18.2 Å². The number of likely N-dealkylation sites (tertiary alicyclic amines) is 1. The lowest BCUT2D eigenvalue weighted by Gasteiger charge is -2.32. The van der Waals surface area contributed by atoms with Gasteiger partial charge in [0, 0.05) is 19.6 Å². The van der Waals surface area contributed by atoms with Crippen molar-refractivity contribution in [2.24, 2.45) is 11.7 Å². The zero-order valence-electron chi connectivity index (χ0n) is 11.9. The van der Waals surface area contributed by atoms with Crippen molar-refractivity contribution in [2.45, 2.75) is 39.7 Å². The van der Waals surface area contributed by atoms with Crippen molar-refractivity contribution in [1.29, 1.82) is 0 Å². The molecule has 2 heterocycles. The van der Waals surface area contributed by atoms with E-state index in [-0.39, 0.29) is 5.91 Å². The topological polar surface area (TPSA) is 64.2 Å². The van der Waals surface area contributed by atoms with E-state index in [9.17, 15) is 4.79 Å². The van der Waals surface area contributed by atoms with E-state index >= 15 is 0 Å². The lowest BCUT2D eigenvalue weighted by molar-refractivity contribution is 0.0657. The van der Waals surface area contributed by atoms with Crippen molar-refractivity contribution in [2.75, 3.05) is 19.6 Å². The summed E-state index contributed by atoms with van der Waals surface area (Å²) in [7, 11) is 0. The Bertz CT molecular complexity index is 439. The molecule has 0 saturated carbocycles. The number of hydrogen-bond donors (Lipinski definition) is 1. The summed E-state index contributed by atoms with van der Waals surface area (Å²) in [6.07, 6.45) is 3.28. The number of carbonyl (C=O) groups is 1. The van der Waals surface area contributed by atoms with Gasteiger partial charge in [-0.05, 0) is 51.6 Å². The van der Waals surface area contributed by atoms with Crippen LogP contribution in [0.4, 0.5) is 0 Å². The quantitative estimate of drug-likeness (QED) is 0.894. The van der Waals surface area contributed by atoms with Crippen molar-refractivity contribution in [3.8, 4) is 0 Å². The molecule has 1 saturated heterocycles. The molecule has 1 aromatic rings. The Morgan fingerprint density at radius 2 is 2.37 bits per heavy atom. The molecule has 1 aliphatic rings. The summed E-state index contributed by atoms with van der Waals surface area (Å²) < 4.78 is 1.80. The number of carbonyl (C=O) groups excluding carboxylic acids is 1. The van der Waals surface area contributed by atoms with Gasteiger partial charge in [0.25, 0.3) is 5.91 Å². The number of aryl methyl sites for hydroxylation is 2. The molecule has 106 valence electrons. The van der Waals surface area contributed by atoms with Crippen LogP contribution in [0.5, 0.6) is 0 Å². The molecule has 2 rings (SSSR count). The van der Waals surface area contributed by atoms with Crippen LogP contribution in [0.3, 0.4) is 0 Å². The Balaban J connectivity index is 2.10. The number of nitrogens with two attached hydrogens (primary N) is 1. The molecule has 1 amide bonds. The van der Waals surface area contributed by atoms with Gasteiger partial charge in [-0.2, -0.15) is 5.10 Å². The number of rotatable bonds is 4. The molecule has 0 bridgehead atoms. The van der Waals surface area contributed by atoms with E-state index in [4.69, 9.17) is 5.73 Å². The predicted molar refractivity (Wildman–Crippen MR) is 74.9 cm³/mol. The predicted octanol–water partition coefficient (Wildman–Crippen LogP) is 1.41. The van der Waals surface area contributed by atoms with Crippen LogP contribution in [-0.2, 0) is 6.54 Å². The van der Waals surface area contributed by atoms with E-state index in [1.165, 1.54) is 6.42 Å². The molecule has 5 heteroatoms. The summed E-state index contributed by atoms with van der Waals surface area (Å²) >= 11 is 0. The van der Waals surface area contributed by atoms with Crippen LogP contribution < -0.4 is 5.73 Å². The third-order valence-corrected chi connectivity index (χ3v) is 3.80. The Labute approximate surface area is 114 Å². The zero-order valence-corrected chi connectivity index (χ0v) is 11.9. The molecule has 0 aliphatic carbocycles. The smallest absolute Gasteiger partial charge is 0.272 e. The minimum atomic E-state index is 0.115. The second-order valence-electron chi connectivity index (χ2n) is 5.32. The van der Waals surface area contributed by atoms with Crippen LogP contribution >= 0.6 is 0 Å². The molecular formula is C14H24N4O. The van der Waals surface area contributed by atoms with Gasteiger partial charge in [-0.15, -0.1) is 0 Å². The second kappa shape index (κ2) is 6.19. The van der Waals surface area contributed by atoms with Gasteiger partial charge in [0.2, 0.25) is 0 Å². The lowest BCUT2D eigenvalue weighted by Crippen LogP contribution is -2.41. The van der Waals surface area contributed by atoms with Crippen LogP contribution in [0.25, 0.3) is 0 Å². The normalized spacial score (nSPS) is 19.7. The molecule has 0 aromatic carbocycles. The average Bonchev–Trinajstić information content (AvgIpc) is 2.80. The standard InChI is InChI=1S/C14H24N4O/c1-3-18-13(9-11(2)16-18)14(19)17-8-4-5-12(10-17)6-7-15/h9,12H,3-8,10,15H2,1-2H3. The molecule has 1 aliphatic heterocycles. The summed E-state index contributed by atoms with van der Waals surface area (Å²) in [5, 5.41) is 4.35. The summed E-state index contributed by atoms with van der Waals surface area (Å²) in [6, 6.07) is 1.89. The Hall–Kier alpha value is -1.36. The van der Waals surface area contributed by atoms with Gasteiger partial charge in [-0.3, -0.25) is 9.48 Å². The van der Waals surface area contributed by atoms with Crippen molar-refractivity contribution in [3.63, 3.8) is 0 Å². The molecular weight excluding hydrogens is 240 g/mol. The van der Waals surface area contributed by atoms with Crippen LogP contribution in [0.2, 0.25) is 0 Å². The van der Waals surface area contributed by atoms with E-state index < -0.39 is 0 Å². The van der Waals surface area contributed by atoms with E-state index in [0.717, 1.165) is 38.2 Å².